The largest absolute Gasteiger partial charge is 0.355 e. The molecular formula is C19H17FN2O4S. The lowest BCUT2D eigenvalue weighted by molar-refractivity contribution is 0.0942. The van der Waals surface area contributed by atoms with Crippen molar-refractivity contribution in [3.05, 3.63) is 71.7 Å². The van der Waals surface area contributed by atoms with E-state index in [4.69, 9.17) is 4.52 Å². The molecule has 1 amide bonds. The number of rotatable bonds is 6. The van der Waals surface area contributed by atoms with Gasteiger partial charge in [-0.25, -0.2) is 12.8 Å². The third kappa shape index (κ3) is 4.40. The smallest absolute Gasteiger partial charge is 0.273 e. The minimum absolute atomic E-state index is 0.0209. The van der Waals surface area contributed by atoms with Gasteiger partial charge in [-0.2, -0.15) is 0 Å². The molecule has 0 aliphatic rings. The molecule has 3 aromatic rings. The summed E-state index contributed by atoms with van der Waals surface area (Å²) in [5, 5.41) is 6.41. The molecular weight excluding hydrogens is 371 g/mol. The molecule has 3 rings (SSSR count). The van der Waals surface area contributed by atoms with Crippen molar-refractivity contribution < 1.29 is 22.1 Å². The first-order valence-electron chi connectivity index (χ1n) is 8.21. The molecule has 0 spiro atoms. The summed E-state index contributed by atoms with van der Waals surface area (Å²) in [5.74, 6) is -0.404. The lowest BCUT2D eigenvalue weighted by Crippen LogP contribution is -2.23. The van der Waals surface area contributed by atoms with Crippen LogP contribution in [0, 0.1) is 5.82 Å². The summed E-state index contributed by atoms with van der Waals surface area (Å²) in [6.07, 6.45) is 0. The van der Waals surface area contributed by atoms with Crippen LogP contribution in [0.4, 0.5) is 4.39 Å². The van der Waals surface area contributed by atoms with Crippen LogP contribution in [0.1, 0.15) is 23.0 Å². The van der Waals surface area contributed by atoms with Crippen molar-refractivity contribution in [1.82, 2.24) is 10.5 Å². The Hall–Kier alpha value is -3.00. The Labute approximate surface area is 155 Å². The molecule has 0 saturated heterocycles. The maximum Gasteiger partial charge on any atom is 0.273 e. The highest BCUT2D eigenvalue weighted by atomic mass is 32.2. The van der Waals surface area contributed by atoms with Gasteiger partial charge >= 0.3 is 0 Å². The summed E-state index contributed by atoms with van der Waals surface area (Å²) in [4.78, 5) is 12.4. The Morgan fingerprint density at radius 1 is 1.11 bits per heavy atom. The highest BCUT2D eigenvalue weighted by molar-refractivity contribution is 7.91. The van der Waals surface area contributed by atoms with Crippen LogP contribution in [0.2, 0.25) is 0 Å². The number of benzene rings is 2. The van der Waals surface area contributed by atoms with Gasteiger partial charge in [0.1, 0.15) is 5.82 Å². The summed E-state index contributed by atoms with van der Waals surface area (Å²) in [5.41, 5.74) is 1.45. The van der Waals surface area contributed by atoms with Gasteiger partial charge in [-0.15, -0.1) is 0 Å². The molecule has 0 radical (unpaired) electrons. The van der Waals surface area contributed by atoms with E-state index in [0.717, 1.165) is 5.56 Å². The molecule has 1 heterocycles. The number of sulfone groups is 1. The number of nitrogens with zero attached hydrogens (tertiary/aromatic N) is 1. The zero-order valence-corrected chi connectivity index (χ0v) is 15.3. The molecule has 0 aliphatic carbocycles. The van der Waals surface area contributed by atoms with Gasteiger partial charge in [0.2, 0.25) is 0 Å². The fraction of sp³-hybridized carbons (Fsp3) is 0.158. The van der Waals surface area contributed by atoms with E-state index in [2.05, 4.69) is 10.5 Å². The van der Waals surface area contributed by atoms with Gasteiger partial charge < -0.3 is 9.84 Å². The number of hydrogen-bond donors (Lipinski definition) is 1. The molecule has 1 N–H and O–H groups in total. The fourth-order valence-electron chi connectivity index (χ4n) is 2.39. The lowest BCUT2D eigenvalue weighted by atomic mass is 10.1. The molecule has 1 aromatic heterocycles. The monoisotopic (exact) mass is 388 g/mol. The van der Waals surface area contributed by atoms with Crippen molar-refractivity contribution in [1.29, 1.82) is 0 Å². The first kappa shape index (κ1) is 18.8. The number of amides is 1. The quantitative estimate of drug-likeness (QED) is 0.700. The molecule has 2 aromatic carbocycles. The van der Waals surface area contributed by atoms with Gasteiger partial charge in [0.25, 0.3) is 5.91 Å². The number of aromatic nitrogens is 1. The molecule has 27 heavy (non-hydrogen) atoms. The van der Waals surface area contributed by atoms with E-state index >= 15 is 0 Å². The SMILES string of the molecule is CCS(=O)(=O)c1ccc(-c2cc(C(=O)NCc3ccc(F)cc3)no2)cc1. The molecule has 0 atom stereocenters. The van der Waals surface area contributed by atoms with E-state index < -0.39 is 15.7 Å². The Morgan fingerprint density at radius 2 is 1.78 bits per heavy atom. The Kier molecular flexibility index (Phi) is 5.36. The van der Waals surface area contributed by atoms with Crippen LogP contribution in [-0.2, 0) is 16.4 Å². The van der Waals surface area contributed by atoms with Gasteiger partial charge in [0.15, 0.2) is 21.3 Å². The molecule has 0 aliphatic heterocycles. The lowest BCUT2D eigenvalue weighted by Gasteiger charge is -2.02. The van der Waals surface area contributed by atoms with Crippen LogP contribution in [0.15, 0.2) is 64.0 Å². The highest BCUT2D eigenvalue weighted by Gasteiger charge is 2.15. The average molecular weight is 388 g/mol. The highest BCUT2D eigenvalue weighted by Crippen LogP contribution is 2.22. The normalized spacial score (nSPS) is 11.3. The topological polar surface area (TPSA) is 89.3 Å². The van der Waals surface area contributed by atoms with Crippen molar-refractivity contribution in [3.8, 4) is 11.3 Å². The second-order valence-electron chi connectivity index (χ2n) is 5.81. The predicted molar refractivity (Wildman–Crippen MR) is 97.2 cm³/mol. The zero-order chi connectivity index (χ0) is 19.4. The predicted octanol–water partition coefficient (Wildman–Crippen LogP) is 3.20. The molecule has 0 fully saturated rings. The van der Waals surface area contributed by atoms with Crippen LogP contribution in [0.3, 0.4) is 0 Å². The van der Waals surface area contributed by atoms with Crippen LogP contribution >= 0.6 is 0 Å². The van der Waals surface area contributed by atoms with E-state index in [1.165, 1.54) is 30.3 Å². The van der Waals surface area contributed by atoms with Gasteiger partial charge in [0.05, 0.1) is 10.6 Å². The summed E-state index contributed by atoms with van der Waals surface area (Å²) < 4.78 is 41.7. The first-order chi connectivity index (χ1) is 12.9. The second-order valence-corrected chi connectivity index (χ2v) is 8.09. The number of carbonyl (C=O) groups excluding carboxylic acids is 1. The molecule has 0 unspecified atom stereocenters. The van der Waals surface area contributed by atoms with E-state index in [-0.39, 0.29) is 28.7 Å². The van der Waals surface area contributed by atoms with Gasteiger partial charge in [-0.1, -0.05) is 24.2 Å². The van der Waals surface area contributed by atoms with E-state index in [1.807, 2.05) is 0 Å². The minimum Gasteiger partial charge on any atom is -0.355 e. The summed E-state index contributed by atoms with van der Waals surface area (Å²) in [6.45, 7) is 1.81. The summed E-state index contributed by atoms with van der Waals surface area (Å²) in [7, 11) is -3.28. The van der Waals surface area contributed by atoms with E-state index in [0.29, 0.717) is 11.3 Å². The fourth-order valence-corrected chi connectivity index (χ4v) is 3.27. The Bertz CT molecular complexity index is 1040. The molecule has 0 bridgehead atoms. The second kappa shape index (κ2) is 7.71. The molecule has 8 heteroatoms. The van der Waals surface area contributed by atoms with Gasteiger partial charge in [0, 0.05) is 18.2 Å². The van der Waals surface area contributed by atoms with Crippen LogP contribution < -0.4 is 5.32 Å². The van der Waals surface area contributed by atoms with Crippen molar-refractivity contribution in [2.24, 2.45) is 0 Å². The number of carbonyl (C=O) groups is 1. The molecule has 0 saturated carbocycles. The Balaban J connectivity index is 1.68. The standard InChI is InChI=1S/C19H17FN2O4S/c1-2-27(24,25)16-9-5-14(6-10-16)18-11-17(22-26-18)19(23)21-12-13-3-7-15(20)8-4-13/h3-11H,2,12H2,1H3,(H,21,23). The van der Waals surface area contributed by atoms with Gasteiger partial charge in [-0.05, 0) is 42.0 Å². The van der Waals surface area contributed by atoms with Crippen molar-refractivity contribution in [2.75, 3.05) is 5.75 Å². The summed E-state index contributed by atoms with van der Waals surface area (Å²) in [6, 6.07) is 13.5. The maximum atomic E-state index is 12.9. The number of nitrogens with one attached hydrogen (secondary N) is 1. The van der Waals surface area contributed by atoms with Crippen LogP contribution in [0.5, 0.6) is 0 Å². The third-order valence-electron chi connectivity index (χ3n) is 3.99. The van der Waals surface area contributed by atoms with Crippen molar-refractivity contribution in [2.45, 2.75) is 18.4 Å². The first-order valence-corrected chi connectivity index (χ1v) is 9.87. The maximum absolute atomic E-state index is 12.9. The zero-order valence-electron chi connectivity index (χ0n) is 14.5. The van der Waals surface area contributed by atoms with Crippen LogP contribution in [0.25, 0.3) is 11.3 Å². The average Bonchev–Trinajstić information content (AvgIpc) is 3.18. The van der Waals surface area contributed by atoms with Crippen molar-refractivity contribution >= 4 is 15.7 Å². The van der Waals surface area contributed by atoms with Gasteiger partial charge in [-0.3, -0.25) is 4.79 Å². The van der Waals surface area contributed by atoms with E-state index in [9.17, 15) is 17.6 Å². The van der Waals surface area contributed by atoms with E-state index in [1.54, 1.807) is 31.2 Å². The van der Waals surface area contributed by atoms with Crippen molar-refractivity contribution in [3.63, 3.8) is 0 Å². The minimum atomic E-state index is -3.28. The number of hydrogen-bond acceptors (Lipinski definition) is 5. The molecule has 140 valence electrons. The number of halogens is 1. The molecule has 6 nitrogen and oxygen atoms in total. The summed E-state index contributed by atoms with van der Waals surface area (Å²) >= 11 is 0. The van der Waals surface area contributed by atoms with Crippen LogP contribution in [-0.4, -0.2) is 25.2 Å². The third-order valence-corrected chi connectivity index (χ3v) is 5.74. The Morgan fingerprint density at radius 3 is 2.41 bits per heavy atom.